The van der Waals surface area contributed by atoms with Crippen molar-refractivity contribution in [2.75, 3.05) is 23.3 Å². The third kappa shape index (κ3) is 3.79. The van der Waals surface area contributed by atoms with Gasteiger partial charge in [-0.1, -0.05) is 36.2 Å². The number of carbonyl (C=O) groups excluding carboxylic acids is 1. The lowest BCUT2D eigenvalue weighted by Gasteiger charge is -2.31. The van der Waals surface area contributed by atoms with Crippen molar-refractivity contribution in [3.8, 4) is 0 Å². The first-order valence-electron chi connectivity index (χ1n) is 7.88. The third-order valence-corrected chi connectivity index (χ3v) is 4.88. The van der Waals surface area contributed by atoms with Crippen LogP contribution in [0.25, 0.3) is 0 Å². The highest BCUT2D eigenvalue weighted by molar-refractivity contribution is 6.44. The van der Waals surface area contributed by atoms with Gasteiger partial charge in [0.05, 0.1) is 15.7 Å². The summed E-state index contributed by atoms with van der Waals surface area (Å²) in [6, 6.07) is 8.57. The molecule has 5 nitrogen and oxygen atoms in total. The number of hydrogen-bond donors (Lipinski definition) is 1. The van der Waals surface area contributed by atoms with E-state index < -0.39 is 0 Å². The smallest absolute Gasteiger partial charge is 0.276 e. The van der Waals surface area contributed by atoms with Crippen LogP contribution in [0.1, 0.15) is 30.3 Å². The van der Waals surface area contributed by atoms with Gasteiger partial charge >= 0.3 is 0 Å². The first-order chi connectivity index (χ1) is 11.5. The predicted octanol–water partition coefficient (Wildman–Crippen LogP) is 4.27. The topological polar surface area (TPSA) is 58.1 Å². The summed E-state index contributed by atoms with van der Waals surface area (Å²) >= 11 is 12.0. The van der Waals surface area contributed by atoms with Gasteiger partial charge in [-0.15, -0.1) is 10.2 Å². The highest BCUT2D eigenvalue weighted by atomic mass is 35.5. The van der Waals surface area contributed by atoms with E-state index in [4.69, 9.17) is 23.2 Å². The van der Waals surface area contributed by atoms with E-state index in [0.717, 1.165) is 25.3 Å². The van der Waals surface area contributed by atoms with Gasteiger partial charge < -0.3 is 10.2 Å². The van der Waals surface area contributed by atoms with Gasteiger partial charge in [0.25, 0.3) is 5.91 Å². The van der Waals surface area contributed by atoms with Gasteiger partial charge in [0, 0.05) is 13.1 Å². The minimum absolute atomic E-state index is 0.236. The van der Waals surface area contributed by atoms with Crippen LogP contribution in [0, 0.1) is 5.92 Å². The number of anilines is 2. The first kappa shape index (κ1) is 17.0. The first-order valence-corrected chi connectivity index (χ1v) is 8.64. The second-order valence-electron chi connectivity index (χ2n) is 6.03. The number of hydrogen-bond acceptors (Lipinski definition) is 4. The molecule has 1 saturated heterocycles. The molecule has 3 rings (SSSR count). The number of nitrogens with zero attached hydrogens (tertiary/aromatic N) is 3. The molecule has 1 aliphatic rings. The minimum atomic E-state index is -0.370. The molecule has 1 atom stereocenters. The zero-order valence-corrected chi connectivity index (χ0v) is 14.8. The summed E-state index contributed by atoms with van der Waals surface area (Å²) < 4.78 is 0. The Morgan fingerprint density at radius 3 is 2.79 bits per heavy atom. The highest BCUT2D eigenvalue weighted by Gasteiger charge is 2.19. The van der Waals surface area contributed by atoms with Crippen molar-refractivity contribution in [2.45, 2.75) is 19.8 Å². The lowest BCUT2D eigenvalue weighted by molar-refractivity contribution is 0.102. The molecule has 0 bridgehead atoms. The molecule has 0 aliphatic carbocycles. The van der Waals surface area contributed by atoms with Crippen LogP contribution >= 0.6 is 23.2 Å². The van der Waals surface area contributed by atoms with Crippen molar-refractivity contribution < 1.29 is 4.79 Å². The molecule has 2 heterocycles. The molecular weight excluding hydrogens is 347 g/mol. The zero-order valence-electron chi connectivity index (χ0n) is 13.3. The van der Waals surface area contributed by atoms with E-state index in [-0.39, 0.29) is 11.6 Å². The maximum absolute atomic E-state index is 12.3. The normalized spacial score (nSPS) is 17.6. The van der Waals surface area contributed by atoms with Gasteiger partial charge in [-0.3, -0.25) is 4.79 Å². The van der Waals surface area contributed by atoms with E-state index >= 15 is 0 Å². The average molecular weight is 365 g/mol. The van der Waals surface area contributed by atoms with Crippen molar-refractivity contribution >= 4 is 40.6 Å². The Bertz CT molecular complexity index is 736. The molecule has 1 unspecified atom stereocenters. The number of benzene rings is 1. The Hall–Kier alpha value is -1.85. The van der Waals surface area contributed by atoms with E-state index in [2.05, 4.69) is 27.3 Å². The van der Waals surface area contributed by atoms with Crippen LogP contribution in [-0.2, 0) is 0 Å². The van der Waals surface area contributed by atoms with Gasteiger partial charge in [0.1, 0.15) is 0 Å². The SMILES string of the molecule is CC1CCCN(c2ccc(C(=O)Nc3cccc(Cl)c3Cl)nn2)C1. The Kier molecular flexibility index (Phi) is 5.21. The molecule has 1 aromatic heterocycles. The summed E-state index contributed by atoms with van der Waals surface area (Å²) in [5.74, 6) is 1.08. The fourth-order valence-electron chi connectivity index (χ4n) is 2.80. The number of carbonyl (C=O) groups is 1. The molecule has 1 N–H and O–H groups in total. The Morgan fingerprint density at radius 2 is 2.08 bits per heavy atom. The Labute approximate surface area is 151 Å². The molecule has 2 aromatic rings. The van der Waals surface area contributed by atoms with Gasteiger partial charge in [-0.25, -0.2) is 0 Å². The second kappa shape index (κ2) is 7.36. The Morgan fingerprint density at radius 1 is 1.25 bits per heavy atom. The van der Waals surface area contributed by atoms with Gasteiger partial charge in [-0.05, 0) is 43.0 Å². The van der Waals surface area contributed by atoms with Crippen molar-refractivity contribution in [1.82, 2.24) is 10.2 Å². The summed E-state index contributed by atoms with van der Waals surface area (Å²) in [6.07, 6.45) is 2.39. The number of amides is 1. The number of aromatic nitrogens is 2. The van der Waals surface area contributed by atoms with Crippen LogP contribution in [0.3, 0.4) is 0 Å². The maximum Gasteiger partial charge on any atom is 0.276 e. The molecule has 1 aliphatic heterocycles. The highest BCUT2D eigenvalue weighted by Crippen LogP contribution is 2.29. The van der Waals surface area contributed by atoms with Crippen LogP contribution in [0.4, 0.5) is 11.5 Å². The lowest BCUT2D eigenvalue weighted by Crippen LogP contribution is -2.35. The summed E-state index contributed by atoms with van der Waals surface area (Å²) in [6.45, 7) is 4.18. The van der Waals surface area contributed by atoms with Gasteiger partial charge in [0.15, 0.2) is 11.5 Å². The lowest BCUT2D eigenvalue weighted by atomic mass is 10.0. The van der Waals surface area contributed by atoms with Gasteiger partial charge in [0.2, 0.25) is 0 Å². The van der Waals surface area contributed by atoms with Crippen molar-refractivity contribution in [1.29, 1.82) is 0 Å². The average Bonchev–Trinajstić information content (AvgIpc) is 2.59. The monoisotopic (exact) mass is 364 g/mol. The predicted molar refractivity (Wildman–Crippen MR) is 97.1 cm³/mol. The molecule has 1 amide bonds. The third-order valence-electron chi connectivity index (χ3n) is 4.06. The van der Waals surface area contributed by atoms with Crippen LogP contribution in [0.5, 0.6) is 0 Å². The number of halogens is 2. The van der Waals surface area contributed by atoms with Crippen LogP contribution in [-0.4, -0.2) is 29.2 Å². The fraction of sp³-hybridized carbons (Fsp3) is 0.353. The zero-order chi connectivity index (χ0) is 17.1. The van der Waals surface area contributed by atoms with Crippen molar-refractivity contribution in [2.24, 2.45) is 5.92 Å². The summed E-state index contributed by atoms with van der Waals surface area (Å²) in [5, 5.41) is 11.6. The van der Waals surface area contributed by atoms with Crippen LogP contribution < -0.4 is 10.2 Å². The molecule has 1 aromatic carbocycles. The van der Waals surface area contributed by atoms with Crippen LogP contribution in [0.15, 0.2) is 30.3 Å². The van der Waals surface area contributed by atoms with E-state index in [0.29, 0.717) is 21.7 Å². The van der Waals surface area contributed by atoms with E-state index in [1.54, 1.807) is 24.3 Å². The second-order valence-corrected chi connectivity index (χ2v) is 6.81. The minimum Gasteiger partial charge on any atom is -0.355 e. The van der Waals surface area contributed by atoms with Crippen LogP contribution in [0.2, 0.25) is 10.0 Å². The molecule has 0 saturated carbocycles. The number of piperidine rings is 1. The molecule has 24 heavy (non-hydrogen) atoms. The molecule has 1 fully saturated rings. The van der Waals surface area contributed by atoms with Crippen molar-refractivity contribution in [3.63, 3.8) is 0 Å². The molecule has 0 spiro atoms. The standard InChI is InChI=1S/C17H18Cl2N4O/c1-11-4-3-9-23(10-11)15-8-7-14(21-22-15)17(24)20-13-6-2-5-12(18)16(13)19/h2,5-8,11H,3-4,9-10H2,1H3,(H,20,24). The summed E-state index contributed by atoms with van der Waals surface area (Å²) in [7, 11) is 0. The largest absolute Gasteiger partial charge is 0.355 e. The molecule has 7 heteroatoms. The van der Waals surface area contributed by atoms with E-state index in [9.17, 15) is 4.79 Å². The quantitative estimate of drug-likeness (QED) is 0.883. The molecule has 0 radical (unpaired) electrons. The summed E-state index contributed by atoms with van der Waals surface area (Å²) in [5.41, 5.74) is 0.685. The molecule has 126 valence electrons. The van der Waals surface area contributed by atoms with E-state index in [1.807, 2.05) is 6.07 Å². The van der Waals surface area contributed by atoms with Gasteiger partial charge in [-0.2, -0.15) is 0 Å². The number of rotatable bonds is 3. The fourth-order valence-corrected chi connectivity index (χ4v) is 3.15. The number of nitrogens with one attached hydrogen (secondary N) is 1. The molecular formula is C17H18Cl2N4O. The maximum atomic E-state index is 12.3. The Balaban J connectivity index is 1.71. The summed E-state index contributed by atoms with van der Waals surface area (Å²) in [4.78, 5) is 14.5. The van der Waals surface area contributed by atoms with Crippen molar-refractivity contribution in [3.05, 3.63) is 46.1 Å². The van der Waals surface area contributed by atoms with E-state index in [1.165, 1.54) is 6.42 Å².